The zero-order valence-electron chi connectivity index (χ0n) is 23.2. The van der Waals surface area contributed by atoms with Crippen LogP contribution in [-0.2, 0) is 6.42 Å². The predicted octanol–water partition coefficient (Wildman–Crippen LogP) is 11.0. The SMILES string of the molecule is CC=CC1CCC(C2CC=C(c3ccc(-c4ccc(-c5ccc(CCC)c(F)c5F)cc4)c(F)c3)CC2)CC1. The number of allylic oxidation sites excluding steroid dienone is 4. The van der Waals surface area contributed by atoms with Crippen LogP contribution in [0.5, 0.6) is 0 Å². The summed E-state index contributed by atoms with van der Waals surface area (Å²) in [5, 5.41) is 0. The molecule has 3 aromatic rings. The van der Waals surface area contributed by atoms with Crippen molar-refractivity contribution in [2.75, 3.05) is 0 Å². The van der Waals surface area contributed by atoms with Crippen LogP contribution in [0.15, 0.2) is 72.8 Å². The average Bonchev–Trinajstić information content (AvgIpc) is 2.97. The van der Waals surface area contributed by atoms with Crippen molar-refractivity contribution in [1.29, 1.82) is 0 Å². The van der Waals surface area contributed by atoms with Crippen LogP contribution in [0.1, 0.15) is 76.3 Å². The Morgan fingerprint density at radius 1 is 0.744 bits per heavy atom. The summed E-state index contributed by atoms with van der Waals surface area (Å²) in [5.41, 5.74) is 4.65. The zero-order chi connectivity index (χ0) is 27.4. The molecule has 0 aliphatic heterocycles. The van der Waals surface area contributed by atoms with Gasteiger partial charge in [-0.3, -0.25) is 0 Å². The summed E-state index contributed by atoms with van der Waals surface area (Å²) in [5.74, 6) is 0.482. The smallest absolute Gasteiger partial charge is 0.166 e. The molecule has 3 aromatic carbocycles. The first kappa shape index (κ1) is 27.5. The molecular formula is C36H39F3. The molecule has 0 saturated heterocycles. The Bertz CT molecular complexity index is 1340. The molecule has 204 valence electrons. The largest absolute Gasteiger partial charge is 0.206 e. The van der Waals surface area contributed by atoms with Crippen molar-refractivity contribution < 1.29 is 13.2 Å². The molecule has 0 bridgehead atoms. The minimum absolute atomic E-state index is 0.225. The first-order valence-electron chi connectivity index (χ1n) is 14.7. The van der Waals surface area contributed by atoms with E-state index in [9.17, 15) is 8.78 Å². The molecule has 1 fully saturated rings. The highest BCUT2D eigenvalue weighted by molar-refractivity contribution is 5.74. The van der Waals surface area contributed by atoms with Crippen molar-refractivity contribution in [3.05, 3.63) is 101 Å². The first-order valence-corrected chi connectivity index (χ1v) is 14.7. The van der Waals surface area contributed by atoms with Gasteiger partial charge in [0, 0.05) is 11.1 Å². The van der Waals surface area contributed by atoms with Crippen LogP contribution in [0.4, 0.5) is 13.2 Å². The molecule has 39 heavy (non-hydrogen) atoms. The van der Waals surface area contributed by atoms with Crippen LogP contribution in [0.25, 0.3) is 27.8 Å². The molecule has 5 rings (SSSR count). The minimum atomic E-state index is -0.825. The maximum atomic E-state index is 15.3. The van der Waals surface area contributed by atoms with E-state index in [-0.39, 0.29) is 11.4 Å². The molecule has 0 amide bonds. The second-order valence-corrected chi connectivity index (χ2v) is 11.4. The van der Waals surface area contributed by atoms with Crippen molar-refractivity contribution in [3.8, 4) is 22.3 Å². The van der Waals surface area contributed by atoms with Gasteiger partial charge in [0.05, 0.1) is 0 Å². The summed E-state index contributed by atoms with van der Waals surface area (Å²) < 4.78 is 44.4. The Kier molecular flexibility index (Phi) is 8.75. The van der Waals surface area contributed by atoms with Crippen molar-refractivity contribution in [2.24, 2.45) is 17.8 Å². The minimum Gasteiger partial charge on any atom is -0.206 e. The lowest BCUT2D eigenvalue weighted by molar-refractivity contribution is 0.212. The second-order valence-electron chi connectivity index (χ2n) is 11.4. The molecule has 1 saturated carbocycles. The van der Waals surface area contributed by atoms with E-state index < -0.39 is 11.6 Å². The van der Waals surface area contributed by atoms with Crippen LogP contribution in [-0.4, -0.2) is 0 Å². The molecule has 0 N–H and O–H groups in total. The van der Waals surface area contributed by atoms with Crippen molar-refractivity contribution in [2.45, 2.75) is 71.6 Å². The van der Waals surface area contributed by atoms with E-state index in [0.717, 1.165) is 48.1 Å². The number of aryl methyl sites for hydroxylation is 1. The van der Waals surface area contributed by atoms with Crippen LogP contribution in [0, 0.1) is 35.2 Å². The van der Waals surface area contributed by atoms with Gasteiger partial charge in [0.25, 0.3) is 0 Å². The zero-order valence-corrected chi connectivity index (χ0v) is 23.2. The number of hydrogen-bond acceptors (Lipinski definition) is 0. The van der Waals surface area contributed by atoms with Gasteiger partial charge in [-0.1, -0.05) is 80.1 Å². The van der Waals surface area contributed by atoms with Crippen molar-refractivity contribution in [3.63, 3.8) is 0 Å². The van der Waals surface area contributed by atoms with Gasteiger partial charge in [-0.2, -0.15) is 0 Å². The Hall–Kier alpha value is -3.07. The predicted molar refractivity (Wildman–Crippen MR) is 157 cm³/mol. The van der Waals surface area contributed by atoms with Gasteiger partial charge in [0.15, 0.2) is 11.6 Å². The van der Waals surface area contributed by atoms with E-state index in [2.05, 4.69) is 25.2 Å². The van der Waals surface area contributed by atoms with Gasteiger partial charge in [-0.05, 0) is 110 Å². The number of benzene rings is 3. The summed E-state index contributed by atoms with van der Waals surface area (Å²) in [6.07, 6.45) is 16.7. The van der Waals surface area contributed by atoms with E-state index in [1.165, 1.54) is 37.7 Å². The maximum Gasteiger partial charge on any atom is 0.166 e. The highest BCUT2D eigenvalue weighted by atomic mass is 19.2. The summed E-state index contributed by atoms with van der Waals surface area (Å²) in [7, 11) is 0. The molecule has 0 aromatic heterocycles. The second kappa shape index (κ2) is 12.4. The first-order chi connectivity index (χ1) is 19.0. The Morgan fingerprint density at radius 2 is 1.41 bits per heavy atom. The monoisotopic (exact) mass is 528 g/mol. The molecule has 1 atom stereocenters. The van der Waals surface area contributed by atoms with Gasteiger partial charge in [-0.25, -0.2) is 13.2 Å². The topological polar surface area (TPSA) is 0 Å². The maximum absolute atomic E-state index is 15.3. The van der Waals surface area contributed by atoms with Crippen LogP contribution < -0.4 is 0 Å². The number of rotatable bonds is 7. The number of halogens is 3. The van der Waals surface area contributed by atoms with E-state index in [1.807, 2.05) is 19.1 Å². The summed E-state index contributed by atoms with van der Waals surface area (Å²) >= 11 is 0. The van der Waals surface area contributed by atoms with E-state index in [0.29, 0.717) is 23.1 Å². The average molecular weight is 529 g/mol. The molecule has 0 spiro atoms. The Balaban J connectivity index is 1.26. The fourth-order valence-electron chi connectivity index (χ4n) is 6.68. The quantitative estimate of drug-likeness (QED) is 0.268. The molecule has 2 aliphatic carbocycles. The van der Waals surface area contributed by atoms with Gasteiger partial charge >= 0.3 is 0 Å². The molecule has 0 heterocycles. The Morgan fingerprint density at radius 3 is 2.03 bits per heavy atom. The van der Waals surface area contributed by atoms with Crippen LogP contribution in [0.2, 0.25) is 0 Å². The molecular weight excluding hydrogens is 489 g/mol. The third-order valence-electron chi connectivity index (χ3n) is 8.93. The number of hydrogen-bond donors (Lipinski definition) is 0. The third kappa shape index (κ3) is 6.08. The lowest BCUT2D eigenvalue weighted by Gasteiger charge is -2.34. The molecule has 2 aliphatic rings. The fraction of sp³-hybridized carbons (Fsp3) is 0.389. The summed E-state index contributed by atoms with van der Waals surface area (Å²) in [6, 6.07) is 15.8. The lowest BCUT2D eigenvalue weighted by atomic mass is 9.71. The molecule has 1 unspecified atom stereocenters. The van der Waals surface area contributed by atoms with Gasteiger partial charge in [-0.15, -0.1) is 0 Å². The van der Waals surface area contributed by atoms with E-state index in [1.54, 1.807) is 42.5 Å². The standard InChI is InChI=1S/C36H39F3/c1-3-5-24-7-9-25(10-8-24)26-11-13-27(14-12-26)31-20-21-32(34(37)23-31)28-15-17-29(18-16-28)33-22-19-30(6-4-2)35(38)36(33)39/h3,5,13,15-26H,4,6-12,14H2,1-2H3. The summed E-state index contributed by atoms with van der Waals surface area (Å²) in [4.78, 5) is 0. The van der Waals surface area contributed by atoms with Crippen LogP contribution >= 0.6 is 0 Å². The van der Waals surface area contributed by atoms with Crippen molar-refractivity contribution >= 4 is 5.57 Å². The third-order valence-corrected chi connectivity index (χ3v) is 8.93. The van der Waals surface area contributed by atoms with Gasteiger partial charge in [0.2, 0.25) is 0 Å². The van der Waals surface area contributed by atoms with Gasteiger partial charge in [0.1, 0.15) is 5.82 Å². The molecule has 3 heteroatoms. The van der Waals surface area contributed by atoms with Crippen LogP contribution in [0.3, 0.4) is 0 Å². The van der Waals surface area contributed by atoms with E-state index in [4.69, 9.17) is 0 Å². The summed E-state index contributed by atoms with van der Waals surface area (Å²) in [6.45, 7) is 4.06. The van der Waals surface area contributed by atoms with Gasteiger partial charge < -0.3 is 0 Å². The van der Waals surface area contributed by atoms with Crippen molar-refractivity contribution in [1.82, 2.24) is 0 Å². The normalized spacial score (nSPS) is 21.8. The molecule has 0 radical (unpaired) electrons. The van der Waals surface area contributed by atoms with E-state index >= 15 is 4.39 Å². The lowest BCUT2D eigenvalue weighted by Crippen LogP contribution is -2.22. The Labute approximate surface area is 231 Å². The highest BCUT2D eigenvalue weighted by Gasteiger charge is 2.28. The highest BCUT2D eigenvalue weighted by Crippen LogP contribution is 2.42. The molecule has 0 nitrogen and oxygen atoms in total. The fourth-order valence-corrected chi connectivity index (χ4v) is 6.68.